The van der Waals surface area contributed by atoms with Gasteiger partial charge in [0.05, 0.1) is 10.6 Å². The summed E-state index contributed by atoms with van der Waals surface area (Å²) in [4.78, 5) is 16.0. The maximum absolute atomic E-state index is 12.8. The smallest absolute Gasteiger partial charge is 0.255 e. The highest BCUT2D eigenvalue weighted by Crippen LogP contribution is 2.17. The summed E-state index contributed by atoms with van der Waals surface area (Å²) in [6.45, 7) is 2.33. The molecule has 1 aromatic carbocycles. The number of benzene rings is 1. The molecule has 6 heteroatoms. The van der Waals surface area contributed by atoms with Crippen LogP contribution >= 0.6 is 11.3 Å². The van der Waals surface area contributed by atoms with Gasteiger partial charge in [-0.3, -0.25) is 4.79 Å². The SMILES string of the molecule is Cc1csc(CCNC(=O)c2ccc(F)cc2O)n1. The Bertz CT molecular complexity index is 598. The summed E-state index contributed by atoms with van der Waals surface area (Å²) in [5.74, 6) is -1.36. The van der Waals surface area contributed by atoms with Crippen LogP contribution in [0.3, 0.4) is 0 Å². The molecule has 1 heterocycles. The number of aromatic nitrogens is 1. The van der Waals surface area contributed by atoms with Crippen molar-refractivity contribution in [3.63, 3.8) is 0 Å². The molecule has 100 valence electrons. The molecule has 0 atom stereocenters. The molecule has 2 rings (SSSR count). The Balaban J connectivity index is 1.90. The summed E-state index contributed by atoms with van der Waals surface area (Å²) in [6, 6.07) is 3.31. The van der Waals surface area contributed by atoms with Gasteiger partial charge in [0, 0.05) is 30.1 Å². The lowest BCUT2D eigenvalue weighted by atomic mass is 10.2. The van der Waals surface area contributed by atoms with Gasteiger partial charge in [-0.2, -0.15) is 0 Å². The topological polar surface area (TPSA) is 62.2 Å². The van der Waals surface area contributed by atoms with Crippen molar-refractivity contribution in [2.75, 3.05) is 6.54 Å². The van der Waals surface area contributed by atoms with E-state index in [4.69, 9.17) is 0 Å². The van der Waals surface area contributed by atoms with Crippen LogP contribution in [0, 0.1) is 12.7 Å². The van der Waals surface area contributed by atoms with Gasteiger partial charge in [0.25, 0.3) is 5.91 Å². The van der Waals surface area contributed by atoms with Crippen molar-refractivity contribution in [2.24, 2.45) is 0 Å². The number of amides is 1. The molecule has 19 heavy (non-hydrogen) atoms. The van der Waals surface area contributed by atoms with Gasteiger partial charge in [0.2, 0.25) is 0 Å². The van der Waals surface area contributed by atoms with E-state index in [0.717, 1.165) is 22.8 Å². The summed E-state index contributed by atoms with van der Waals surface area (Å²) >= 11 is 1.54. The Morgan fingerprint density at radius 3 is 2.95 bits per heavy atom. The lowest BCUT2D eigenvalue weighted by molar-refractivity contribution is 0.0951. The number of nitrogens with one attached hydrogen (secondary N) is 1. The molecule has 1 amide bonds. The van der Waals surface area contributed by atoms with E-state index in [9.17, 15) is 14.3 Å². The second-order valence-corrected chi connectivity index (χ2v) is 4.99. The van der Waals surface area contributed by atoms with E-state index >= 15 is 0 Å². The van der Waals surface area contributed by atoms with E-state index < -0.39 is 11.7 Å². The van der Waals surface area contributed by atoms with Crippen molar-refractivity contribution in [1.82, 2.24) is 10.3 Å². The van der Waals surface area contributed by atoms with Crippen molar-refractivity contribution in [3.8, 4) is 5.75 Å². The minimum absolute atomic E-state index is 0.0664. The quantitative estimate of drug-likeness (QED) is 0.903. The summed E-state index contributed by atoms with van der Waals surface area (Å²) in [6.07, 6.45) is 0.631. The molecule has 0 unspecified atom stereocenters. The molecular weight excluding hydrogens is 267 g/mol. The van der Waals surface area contributed by atoms with Crippen LogP contribution in [-0.4, -0.2) is 22.5 Å². The minimum Gasteiger partial charge on any atom is -0.507 e. The number of carbonyl (C=O) groups is 1. The third-order valence-electron chi connectivity index (χ3n) is 2.50. The average Bonchev–Trinajstić information content (AvgIpc) is 2.75. The van der Waals surface area contributed by atoms with Crippen molar-refractivity contribution in [3.05, 3.63) is 45.7 Å². The normalized spacial score (nSPS) is 10.4. The molecule has 0 aliphatic heterocycles. The standard InChI is InChI=1S/C13H13FN2O2S/c1-8-7-19-12(16-8)4-5-15-13(18)10-3-2-9(14)6-11(10)17/h2-3,6-7,17H,4-5H2,1H3,(H,15,18). The maximum atomic E-state index is 12.8. The fourth-order valence-corrected chi connectivity index (χ4v) is 2.37. The van der Waals surface area contributed by atoms with Crippen LogP contribution in [0.1, 0.15) is 21.1 Å². The van der Waals surface area contributed by atoms with Gasteiger partial charge in [0.1, 0.15) is 11.6 Å². The van der Waals surface area contributed by atoms with Gasteiger partial charge in [-0.05, 0) is 19.1 Å². The molecule has 0 radical (unpaired) electrons. The molecule has 1 aromatic heterocycles. The van der Waals surface area contributed by atoms with Gasteiger partial charge in [-0.1, -0.05) is 0 Å². The minimum atomic E-state index is -0.577. The monoisotopic (exact) mass is 280 g/mol. The molecule has 0 fully saturated rings. The zero-order valence-corrected chi connectivity index (χ0v) is 11.1. The highest BCUT2D eigenvalue weighted by Gasteiger charge is 2.11. The van der Waals surface area contributed by atoms with E-state index in [-0.39, 0.29) is 11.3 Å². The molecule has 2 N–H and O–H groups in total. The van der Waals surface area contributed by atoms with Crippen molar-refractivity contribution in [1.29, 1.82) is 0 Å². The Labute approximate surface area is 113 Å². The predicted octanol–water partition coefficient (Wildman–Crippen LogP) is 2.27. The van der Waals surface area contributed by atoms with Crippen LogP contribution < -0.4 is 5.32 Å². The maximum Gasteiger partial charge on any atom is 0.255 e. The first-order chi connectivity index (χ1) is 9.06. The number of hydrogen-bond donors (Lipinski definition) is 2. The largest absolute Gasteiger partial charge is 0.507 e. The van der Waals surface area contributed by atoms with Crippen LogP contribution in [-0.2, 0) is 6.42 Å². The van der Waals surface area contributed by atoms with E-state index in [2.05, 4.69) is 10.3 Å². The summed E-state index contributed by atoms with van der Waals surface area (Å²) in [5.41, 5.74) is 1.03. The summed E-state index contributed by atoms with van der Waals surface area (Å²) in [7, 11) is 0. The summed E-state index contributed by atoms with van der Waals surface area (Å²) < 4.78 is 12.8. The molecule has 0 bridgehead atoms. The Hall–Kier alpha value is -1.95. The molecule has 0 saturated carbocycles. The van der Waals surface area contributed by atoms with Crippen LogP contribution in [0.15, 0.2) is 23.6 Å². The molecule has 4 nitrogen and oxygen atoms in total. The molecular formula is C13H13FN2O2S. The van der Waals surface area contributed by atoms with Gasteiger partial charge in [-0.25, -0.2) is 9.37 Å². The molecule has 0 aliphatic carbocycles. The van der Waals surface area contributed by atoms with Gasteiger partial charge < -0.3 is 10.4 Å². The molecule has 0 spiro atoms. The van der Waals surface area contributed by atoms with Gasteiger partial charge in [0.15, 0.2) is 0 Å². The zero-order valence-electron chi connectivity index (χ0n) is 10.3. The average molecular weight is 280 g/mol. The second kappa shape index (κ2) is 5.79. The van der Waals surface area contributed by atoms with Gasteiger partial charge in [-0.15, -0.1) is 11.3 Å². The number of phenols is 1. The van der Waals surface area contributed by atoms with Crippen LogP contribution in [0.4, 0.5) is 4.39 Å². The van der Waals surface area contributed by atoms with E-state index in [1.807, 2.05) is 12.3 Å². The number of nitrogens with zero attached hydrogens (tertiary/aromatic N) is 1. The molecule has 2 aromatic rings. The van der Waals surface area contributed by atoms with Crippen LogP contribution in [0.2, 0.25) is 0 Å². The Morgan fingerprint density at radius 2 is 2.32 bits per heavy atom. The number of halogens is 1. The zero-order chi connectivity index (χ0) is 13.8. The molecule has 0 aliphatic rings. The Morgan fingerprint density at radius 1 is 1.53 bits per heavy atom. The second-order valence-electron chi connectivity index (χ2n) is 4.05. The number of thiazole rings is 1. The number of aromatic hydroxyl groups is 1. The third kappa shape index (κ3) is 3.51. The highest BCUT2D eigenvalue weighted by molar-refractivity contribution is 7.09. The van der Waals surface area contributed by atoms with Gasteiger partial charge >= 0.3 is 0 Å². The van der Waals surface area contributed by atoms with E-state index in [1.165, 1.54) is 6.07 Å². The summed E-state index contributed by atoms with van der Waals surface area (Å²) in [5, 5.41) is 15.0. The third-order valence-corrected chi connectivity index (χ3v) is 3.52. The van der Waals surface area contributed by atoms with E-state index in [1.54, 1.807) is 11.3 Å². The van der Waals surface area contributed by atoms with Crippen LogP contribution in [0.25, 0.3) is 0 Å². The fourth-order valence-electron chi connectivity index (χ4n) is 1.59. The highest BCUT2D eigenvalue weighted by atomic mass is 32.1. The molecule has 0 saturated heterocycles. The number of carbonyl (C=O) groups excluding carboxylic acids is 1. The number of hydrogen-bond acceptors (Lipinski definition) is 4. The van der Waals surface area contributed by atoms with Crippen LogP contribution in [0.5, 0.6) is 5.75 Å². The Kier molecular flexibility index (Phi) is 4.11. The first-order valence-corrected chi connectivity index (χ1v) is 6.62. The van der Waals surface area contributed by atoms with E-state index in [0.29, 0.717) is 13.0 Å². The number of aryl methyl sites for hydroxylation is 1. The fraction of sp³-hybridized carbons (Fsp3) is 0.231. The number of phenolic OH excluding ortho intramolecular Hbond substituents is 1. The lowest BCUT2D eigenvalue weighted by Crippen LogP contribution is -2.25. The first kappa shape index (κ1) is 13.5. The van der Waals surface area contributed by atoms with Crippen molar-refractivity contribution >= 4 is 17.2 Å². The lowest BCUT2D eigenvalue weighted by Gasteiger charge is -2.05. The predicted molar refractivity (Wildman–Crippen MR) is 71.0 cm³/mol. The van der Waals surface area contributed by atoms with Crippen molar-refractivity contribution < 1.29 is 14.3 Å². The van der Waals surface area contributed by atoms with Crippen molar-refractivity contribution in [2.45, 2.75) is 13.3 Å². The number of rotatable bonds is 4. The first-order valence-electron chi connectivity index (χ1n) is 5.74.